The average Bonchev–Trinajstić information content (AvgIpc) is 2.68. The molecule has 0 atom stereocenters. The van der Waals surface area contributed by atoms with Gasteiger partial charge in [-0.15, -0.1) is 0 Å². The molecule has 0 bridgehead atoms. The van der Waals surface area contributed by atoms with Gasteiger partial charge < -0.3 is 20.4 Å². The Labute approximate surface area is 114 Å². The summed E-state index contributed by atoms with van der Waals surface area (Å²) in [6.45, 7) is 7.60. The number of H-pyrrole nitrogens is 1. The standard InChI is InChI=1S/C14H23N3O2/c1-14(2,3)19-13(18)17-7-5-12-10(9-17)8-11(16-12)4-6-15/h8,16H,4-7,9,15H2,1-3H3. The van der Waals surface area contributed by atoms with Crippen LogP contribution in [-0.4, -0.2) is 34.7 Å². The number of rotatable bonds is 2. The van der Waals surface area contributed by atoms with Gasteiger partial charge in [-0.2, -0.15) is 0 Å². The molecular weight excluding hydrogens is 242 g/mol. The number of carbonyl (C=O) groups is 1. The van der Waals surface area contributed by atoms with Gasteiger partial charge in [-0.05, 0) is 45.4 Å². The number of nitrogens with zero attached hydrogens (tertiary/aromatic N) is 1. The van der Waals surface area contributed by atoms with Crippen molar-refractivity contribution in [2.24, 2.45) is 5.73 Å². The maximum atomic E-state index is 12.0. The first-order chi connectivity index (χ1) is 8.89. The van der Waals surface area contributed by atoms with E-state index in [1.165, 1.54) is 11.3 Å². The summed E-state index contributed by atoms with van der Waals surface area (Å²) in [6, 6.07) is 2.11. The number of nitrogens with two attached hydrogens (primary N) is 1. The molecule has 5 nitrogen and oxygen atoms in total. The summed E-state index contributed by atoms with van der Waals surface area (Å²) in [5, 5.41) is 0. The van der Waals surface area contributed by atoms with Crippen LogP contribution in [0, 0.1) is 0 Å². The molecule has 0 saturated heterocycles. The van der Waals surface area contributed by atoms with E-state index in [9.17, 15) is 4.79 Å². The fourth-order valence-electron chi connectivity index (χ4n) is 2.28. The molecule has 3 N–H and O–H groups in total. The summed E-state index contributed by atoms with van der Waals surface area (Å²) in [6.07, 6.45) is 1.46. The molecule has 1 aromatic rings. The summed E-state index contributed by atoms with van der Waals surface area (Å²) in [7, 11) is 0. The van der Waals surface area contributed by atoms with Gasteiger partial charge in [0.2, 0.25) is 0 Å². The molecule has 1 aliphatic heterocycles. The molecule has 1 amide bonds. The van der Waals surface area contributed by atoms with Gasteiger partial charge in [-0.3, -0.25) is 0 Å². The Bertz CT molecular complexity index is 460. The van der Waals surface area contributed by atoms with Crippen molar-refractivity contribution in [3.8, 4) is 0 Å². The smallest absolute Gasteiger partial charge is 0.410 e. The third kappa shape index (κ3) is 3.50. The maximum Gasteiger partial charge on any atom is 0.410 e. The SMILES string of the molecule is CC(C)(C)OC(=O)N1CCc2[nH]c(CCN)cc2C1. The second kappa shape index (κ2) is 5.25. The highest BCUT2D eigenvalue weighted by Gasteiger charge is 2.26. The number of aromatic nitrogens is 1. The minimum atomic E-state index is -0.444. The van der Waals surface area contributed by atoms with Crippen LogP contribution in [0.5, 0.6) is 0 Å². The molecule has 0 radical (unpaired) electrons. The van der Waals surface area contributed by atoms with Gasteiger partial charge in [-0.1, -0.05) is 0 Å². The number of amides is 1. The zero-order valence-electron chi connectivity index (χ0n) is 12.0. The Morgan fingerprint density at radius 2 is 2.26 bits per heavy atom. The average molecular weight is 265 g/mol. The lowest BCUT2D eigenvalue weighted by atomic mass is 10.1. The fraction of sp³-hybridized carbons (Fsp3) is 0.643. The zero-order valence-corrected chi connectivity index (χ0v) is 12.0. The summed E-state index contributed by atoms with van der Waals surface area (Å²) in [5.41, 5.74) is 8.67. The number of hydrogen-bond donors (Lipinski definition) is 2. The molecule has 106 valence electrons. The number of carbonyl (C=O) groups excluding carboxylic acids is 1. The molecule has 19 heavy (non-hydrogen) atoms. The van der Waals surface area contributed by atoms with E-state index in [1.807, 2.05) is 20.8 Å². The van der Waals surface area contributed by atoms with E-state index < -0.39 is 5.60 Å². The predicted molar refractivity (Wildman–Crippen MR) is 73.9 cm³/mol. The normalized spacial score (nSPS) is 15.3. The monoisotopic (exact) mass is 265 g/mol. The highest BCUT2D eigenvalue weighted by molar-refractivity contribution is 5.68. The molecule has 5 heteroatoms. The van der Waals surface area contributed by atoms with Crippen LogP contribution < -0.4 is 5.73 Å². The lowest BCUT2D eigenvalue weighted by Crippen LogP contribution is -2.39. The maximum absolute atomic E-state index is 12.0. The Balaban J connectivity index is 2.03. The van der Waals surface area contributed by atoms with Crippen LogP contribution in [0.25, 0.3) is 0 Å². The molecule has 0 spiro atoms. The highest BCUT2D eigenvalue weighted by Crippen LogP contribution is 2.21. The molecule has 0 fully saturated rings. The molecule has 1 aliphatic rings. The molecule has 0 unspecified atom stereocenters. The topological polar surface area (TPSA) is 71.3 Å². The van der Waals surface area contributed by atoms with Crippen LogP contribution in [-0.2, 0) is 24.1 Å². The predicted octanol–water partition coefficient (Wildman–Crippen LogP) is 1.81. The van der Waals surface area contributed by atoms with E-state index >= 15 is 0 Å². The Morgan fingerprint density at radius 1 is 1.53 bits per heavy atom. The van der Waals surface area contributed by atoms with Crippen molar-refractivity contribution in [1.29, 1.82) is 0 Å². The van der Waals surface area contributed by atoms with Gasteiger partial charge >= 0.3 is 6.09 Å². The Hall–Kier alpha value is -1.49. The molecule has 2 rings (SSSR count). The quantitative estimate of drug-likeness (QED) is 0.856. The van der Waals surface area contributed by atoms with Crippen LogP contribution in [0.1, 0.15) is 37.7 Å². The summed E-state index contributed by atoms with van der Waals surface area (Å²) < 4.78 is 5.40. The van der Waals surface area contributed by atoms with Crippen LogP contribution >= 0.6 is 0 Å². The van der Waals surface area contributed by atoms with Gasteiger partial charge in [0, 0.05) is 24.4 Å². The van der Waals surface area contributed by atoms with E-state index in [0.29, 0.717) is 19.6 Å². The minimum Gasteiger partial charge on any atom is -0.444 e. The second-order valence-corrected chi connectivity index (χ2v) is 5.99. The zero-order chi connectivity index (χ0) is 14.0. The van der Waals surface area contributed by atoms with Crippen molar-refractivity contribution in [3.63, 3.8) is 0 Å². The Morgan fingerprint density at radius 3 is 2.89 bits per heavy atom. The van der Waals surface area contributed by atoms with Crippen LogP contribution in [0.3, 0.4) is 0 Å². The first-order valence-electron chi connectivity index (χ1n) is 6.76. The lowest BCUT2D eigenvalue weighted by molar-refractivity contribution is 0.0223. The molecule has 0 aliphatic carbocycles. The van der Waals surface area contributed by atoms with E-state index in [4.69, 9.17) is 10.5 Å². The van der Waals surface area contributed by atoms with E-state index in [1.54, 1.807) is 4.90 Å². The summed E-state index contributed by atoms with van der Waals surface area (Å²) in [4.78, 5) is 17.2. The second-order valence-electron chi connectivity index (χ2n) is 5.99. The van der Waals surface area contributed by atoms with E-state index in [0.717, 1.165) is 18.5 Å². The van der Waals surface area contributed by atoms with Gasteiger partial charge in [0.05, 0.1) is 6.54 Å². The van der Waals surface area contributed by atoms with Crippen molar-refractivity contribution >= 4 is 6.09 Å². The molecule has 1 aromatic heterocycles. The summed E-state index contributed by atoms with van der Waals surface area (Å²) >= 11 is 0. The number of nitrogens with one attached hydrogen (secondary N) is 1. The van der Waals surface area contributed by atoms with Gasteiger partial charge in [0.25, 0.3) is 0 Å². The van der Waals surface area contributed by atoms with Gasteiger partial charge in [0.15, 0.2) is 0 Å². The highest BCUT2D eigenvalue weighted by atomic mass is 16.6. The third-order valence-electron chi connectivity index (χ3n) is 3.11. The number of hydrogen-bond acceptors (Lipinski definition) is 3. The van der Waals surface area contributed by atoms with Gasteiger partial charge in [-0.25, -0.2) is 4.79 Å². The lowest BCUT2D eigenvalue weighted by Gasteiger charge is -2.29. The Kier molecular flexibility index (Phi) is 3.85. The largest absolute Gasteiger partial charge is 0.444 e. The number of aromatic amines is 1. The minimum absolute atomic E-state index is 0.236. The van der Waals surface area contributed by atoms with Crippen LogP contribution in [0.2, 0.25) is 0 Å². The first kappa shape index (κ1) is 13.9. The summed E-state index contributed by atoms with van der Waals surface area (Å²) in [5.74, 6) is 0. The molecular formula is C14H23N3O2. The number of fused-ring (bicyclic) bond motifs is 1. The van der Waals surface area contributed by atoms with E-state index in [-0.39, 0.29) is 6.09 Å². The molecule has 2 heterocycles. The van der Waals surface area contributed by atoms with Crippen molar-refractivity contribution < 1.29 is 9.53 Å². The van der Waals surface area contributed by atoms with Crippen molar-refractivity contribution in [3.05, 3.63) is 23.0 Å². The van der Waals surface area contributed by atoms with Gasteiger partial charge in [0.1, 0.15) is 5.60 Å². The molecule has 0 aromatic carbocycles. The first-order valence-corrected chi connectivity index (χ1v) is 6.76. The molecule has 0 saturated carbocycles. The fourth-order valence-corrected chi connectivity index (χ4v) is 2.28. The van der Waals surface area contributed by atoms with Crippen molar-refractivity contribution in [1.82, 2.24) is 9.88 Å². The van der Waals surface area contributed by atoms with E-state index in [2.05, 4.69) is 11.1 Å². The van der Waals surface area contributed by atoms with Crippen molar-refractivity contribution in [2.45, 2.75) is 45.8 Å². The van der Waals surface area contributed by atoms with Crippen LogP contribution in [0.4, 0.5) is 4.79 Å². The number of ether oxygens (including phenoxy) is 1. The van der Waals surface area contributed by atoms with Crippen LogP contribution in [0.15, 0.2) is 6.07 Å². The third-order valence-corrected chi connectivity index (χ3v) is 3.11. The van der Waals surface area contributed by atoms with Crippen molar-refractivity contribution in [2.75, 3.05) is 13.1 Å².